The molecule has 3 aromatic carbocycles. The normalized spacial score (nSPS) is 13.9. The predicted octanol–water partition coefficient (Wildman–Crippen LogP) is 5.63. The van der Waals surface area contributed by atoms with E-state index in [1.807, 2.05) is 60.3 Å². The molecule has 0 bridgehead atoms. The van der Waals surface area contributed by atoms with E-state index in [0.717, 1.165) is 49.7 Å². The van der Waals surface area contributed by atoms with E-state index in [1.54, 1.807) is 57.2 Å². The van der Waals surface area contributed by atoms with Crippen LogP contribution in [0.2, 0.25) is 0 Å². The molecular formula is C35H47N7O4. The minimum Gasteiger partial charge on any atom is -0.444 e. The third-order valence-electron chi connectivity index (χ3n) is 7.60. The number of likely N-dealkylation sites (N-methyl/N-ethyl adjacent to an activating group) is 1. The number of anilines is 4. The van der Waals surface area contributed by atoms with Gasteiger partial charge >= 0.3 is 12.1 Å². The summed E-state index contributed by atoms with van der Waals surface area (Å²) in [6.45, 7) is 11.0. The molecule has 3 N–H and O–H groups in total. The number of para-hydroxylation sites is 2. The fourth-order valence-electron chi connectivity index (χ4n) is 4.92. The molecule has 0 unspecified atom stereocenters. The summed E-state index contributed by atoms with van der Waals surface area (Å²) in [7, 11) is 6.08. The molecule has 1 aliphatic rings. The first kappa shape index (κ1) is 34.3. The van der Waals surface area contributed by atoms with E-state index in [2.05, 4.69) is 32.8 Å². The van der Waals surface area contributed by atoms with Crippen molar-refractivity contribution in [3.8, 4) is 0 Å². The first-order valence-electron chi connectivity index (χ1n) is 15.6. The van der Waals surface area contributed by atoms with Crippen molar-refractivity contribution >= 4 is 40.8 Å². The number of benzene rings is 3. The zero-order chi connectivity index (χ0) is 33.3. The van der Waals surface area contributed by atoms with Crippen LogP contribution in [0.3, 0.4) is 0 Å². The first-order chi connectivity index (χ1) is 21.9. The van der Waals surface area contributed by atoms with Crippen LogP contribution in [0, 0.1) is 0 Å². The van der Waals surface area contributed by atoms with Gasteiger partial charge in [-0.05, 0) is 81.9 Å². The monoisotopic (exact) mass is 629 g/mol. The lowest BCUT2D eigenvalue weighted by molar-refractivity contribution is 0.0635. The summed E-state index contributed by atoms with van der Waals surface area (Å²) < 4.78 is 5.35. The second kappa shape index (κ2) is 15.6. The van der Waals surface area contributed by atoms with Gasteiger partial charge in [-0.15, -0.1) is 0 Å². The van der Waals surface area contributed by atoms with Crippen LogP contribution in [0.1, 0.15) is 36.7 Å². The van der Waals surface area contributed by atoms with Gasteiger partial charge in [-0.2, -0.15) is 0 Å². The lowest BCUT2D eigenvalue weighted by atomic mass is 10.1. The summed E-state index contributed by atoms with van der Waals surface area (Å²) in [5.74, 6) is -0.323. The average Bonchev–Trinajstić information content (AvgIpc) is 3.00. The second-order valence-corrected chi connectivity index (χ2v) is 12.8. The highest BCUT2D eigenvalue weighted by atomic mass is 16.6. The fourth-order valence-corrected chi connectivity index (χ4v) is 4.92. The van der Waals surface area contributed by atoms with Gasteiger partial charge in [-0.3, -0.25) is 15.0 Å². The summed E-state index contributed by atoms with van der Waals surface area (Å²) in [5.41, 5.74) is 3.37. The van der Waals surface area contributed by atoms with Gasteiger partial charge in [-0.25, -0.2) is 9.59 Å². The molecule has 246 valence electrons. The van der Waals surface area contributed by atoms with Crippen molar-refractivity contribution < 1.29 is 19.1 Å². The summed E-state index contributed by atoms with van der Waals surface area (Å²) in [6, 6.07) is 21.7. The van der Waals surface area contributed by atoms with Gasteiger partial charge in [0.25, 0.3) is 5.91 Å². The van der Waals surface area contributed by atoms with E-state index in [1.165, 1.54) is 0 Å². The Labute approximate surface area is 272 Å². The average molecular weight is 630 g/mol. The van der Waals surface area contributed by atoms with E-state index in [9.17, 15) is 14.4 Å². The van der Waals surface area contributed by atoms with Crippen molar-refractivity contribution in [1.29, 1.82) is 0 Å². The molecule has 0 spiro atoms. The van der Waals surface area contributed by atoms with Gasteiger partial charge in [0.15, 0.2) is 0 Å². The predicted molar refractivity (Wildman–Crippen MR) is 185 cm³/mol. The van der Waals surface area contributed by atoms with E-state index in [-0.39, 0.29) is 11.9 Å². The van der Waals surface area contributed by atoms with Gasteiger partial charge in [0.1, 0.15) is 5.60 Å². The van der Waals surface area contributed by atoms with Crippen molar-refractivity contribution in [3.05, 3.63) is 83.9 Å². The maximum Gasteiger partial charge on any atom is 0.412 e. The molecule has 1 aliphatic heterocycles. The highest BCUT2D eigenvalue weighted by Crippen LogP contribution is 2.23. The Hall–Kier alpha value is -4.61. The molecule has 11 nitrogen and oxygen atoms in total. The zero-order valence-corrected chi connectivity index (χ0v) is 27.8. The van der Waals surface area contributed by atoms with Crippen molar-refractivity contribution in [2.75, 3.05) is 81.3 Å². The Balaban J connectivity index is 1.42. The molecule has 0 saturated carbocycles. The Morgan fingerprint density at radius 2 is 1.41 bits per heavy atom. The first-order valence-corrected chi connectivity index (χ1v) is 15.6. The topological polar surface area (TPSA) is 109 Å². The quantitative estimate of drug-likeness (QED) is 0.267. The number of urea groups is 1. The lowest BCUT2D eigenvalue weighted by Crippen LogP contribution is -2.48. The number of piperazine rings is 1. The Morgan fingerprint density at radius 3 is 2.00 bits per heavy atom. The standard InChI is InChI=1S/C35H47N7O4/c1-35(2,3)46-34(45)38-31-10-8-7-9-30(31)37-32(43)27-13-11-26(12-14-27)25-42(24-23-41-21-19-40(6)20-22-41)33(44)36-28-15-17-29(18-16-28)39(4)5/h7-18H,19-25H2,1-6H3,(H,36,44)(H,37,43)(H,38,45). The SMILES string of the molecule is CN1CCN(CCN(Cc2ccc(C(=O)Nc3ccccc3NC(=O)OC(C)(C)C)cc2)C(=O)Nc2ccc(N(C)C)cc2)CC1. The Bertz CT molecular complexity index is 1460. The number of carbonyl (C=O) groups excluding carboxylic acids is 3. The van der Waals surface area contributed by atoms with Crippen molar-refractivity contribution in [2.24, 2.45) is 0 Å². The molecule has 1 saturated heterocycles. The number of ether oxygens (including phenoxy) is 1. The molecule has 4 amide bonds. The molecule has 0 radical (unpaired) electrons. The van der Waals surface area contributed by atoms with Gasteiger partial charge in [0.05, 0.1) is 11.4 Å². The summed E-state index contributed by atoms with van der Waals surface area (Å²) in [6.07, 6.45) is -0.606. The van der Waals surface area contributed by atoms with Crippen LogP contribution in [0.4, 0.5) is 32.3 Å². The maximum absolute atomic E-state index is 13.5. The van der Waals surface area contributed by atoms with Crippen molar-refractivity contribution in [1.82, 2.24) is 14.7 Å². The molecule has 0 aliphatic carbocycles. The van der Waals surface area contributed by atoms with E-state index >= 15 is 0 Å². The molecule has 1 heterocycles. The van der Waals surface area contributed by atoms with Crippen molar-refractivity contribution in [3.63, 3.8) is 0 Å². The van der Waals surface area contributed by atoms with Crippen LogP contribution in [0.15, 0.2) is 72.8 Å². The fraction of sp³-hybridized carbons (Fsp3) is 0.400. The molecule has 3 aromatic rings. The highest BCUT2D eigenvalue weighted by molar-refractivity contribution is 6.06. The molecular weight excluding hydrogens is 582 g/mol. The second-order valence-electron chi connectivity index (χ2n) is 12.8. The molecule has 1 fully saturated rings. The third-order valence-corrected chi connectivity index (χ3v) is 7.60. The third kappa shape index (κ3) is 10.5. The largest absolute Gasteiger partial charge is 0.444 e. The Kier molecular flexibility index (Phi) is 11.6. The van der Waals surface area contributed by atoms with Crippen LogP contribution >= 0.6 is 0 Å². The molecule has 4 rings (SSSR count). The number of hydrogen-bond acceptors (Lipinski definition) is 7. The van der Waals surface area contributed by atoms with Crippen LogP contribution in [-0.2, 0) is 11.3 Å². The molecule has 0 aromatic heterocycles. The smallest absolute Gasteiger partial charge is 0.412 e. The van der Waals surface area contributed by atoms with Crippen LogP contribution in [-0.4, -0.2) is 98.7 Å². The van der Waals surface area contributed by atoms with E-state index in [0.29, 0.717) is 30.0 Å². The number of nitrogens with one attached hydrogen (secondary N) is 3. The number of nitrogens with zero attached hydrogens (tertiary/aromatic N) is 4. The maximum atomic E-state index is 13.5. The minimum absolute atomic E-state index is 0.178. The zero-order valence-electron chi connectivity index (χ0n) is 27.8. The van der Waals surface area contributed by atoms with Gasteiger partial charge < -0.3 is 30.1 Å². The van der Waals surface area contributed by atoms with Crippen LogP contribution < -0.4 is 20.9 Å². The highest BCUT2D eigenvalue weighted by Gasteiger charge is 2.20. The van der Waals surface area contributed by atoms with Crippen LogP contribution in [0.5, 0.6) is 0 Å². The number of amides is 4. The molecule has 0 atom stereocenters. The van der Waals surface area contributed by atoms with Crippen molar-refractivity contribution in [2.45, 2.75) is 32.9 Å². The molecule has 11 heteroatoms. The summed E-state index contributed by atoms with van der Waals surface area (Å²) in [5, 5.41) is 8.63. The number of rotatable bonds is 10. The summed E-state index contributed by atoms with van der Waals surface area (Å²) in [4.78, 5) is 47.5. The lowest BCUT2D eigenvalue weighted by Gasteiger charge is -2.34. The van der Waals surface area contributed by atoms with E-state index < -0.39 is 11.7 Å². The number of carbonyl (C=O) groups is 3. The Morgan fingerprint density at radius 1 is 0.804 bits per heavy atom. The van der Waals surface area contributed by atoms with Gasteiger partial charge in [0.2, 0.25) is 0 Å². The molecule has 46 heavy (non-hydrogen) atoms. The van der Waals surface area contributed by atoms with Gasteiger partial charge in [-0.1, -0.05) is 24.3 Å². The minimum atomic E-state index is -0.650. The van der Waals surface area contributed by atoms with Gasteiger partial charge in [0, 0.05) is 76.8 Å². The summed E-state index contributed by atoms with van der Waals surface area (Å²) >= 11 is 0. The number of hydrogen-bond donors (Lipinski definition) is 3. The van der Waals surface area contributed by atoms with E-state index in [4.69, 9.17) is 4.74 Å². The van der Waals surface area contributed by atoms with Crippen LogP contribution in [0.25, 0.3) is 0 Å².